The van der Waals surface area contributed by atoms with Crippen LogP contribution in [-0.4, -0.2) is 17.2 Å². The summed E-state index contributed by atoms with van der Waals surface area (Å²) in [5.74, 6) is -2.36. The van der Waals surface area contributed by atoms with Crippen LogP contribution in [0.2, 0.25) is 0 Å². The van der Waals surface area contributed by atoms with Gasteiger partial charge in [-0.05, 0) is 12.1 Å². The molecule has 0 amide bonds. The van der Waals surface area contributed by atoms with Crippen LogP contribution in [0.15, 0.2) is 16.6 Å². The van der Waals surface area contributed by atoms with E-state index in [-0.39, 0.29) is 4.47 Å². The molecule has 0 bridgehead atoms. The minimum absolute atomic E-state index is 0.122. The topological polar surface area (TPSA) is 40.5 Å². The van der Waals surface area contributed by atoms with E-state index in [4.69, 9.17) is 10.0 Å². The maximum atomic E-state index is 12.8. The van der Waals surface area contributed by atoms with Crippen LogP contribution >= 0.6 is 15.9 Å². The Hall–Kier alpha value is -0.455. The summed E-state index contributed by atoms with van der Waals surface area (Å²) in [5, 5.41) is 17.3. The lowest BCUT2D eigenvalue weighted by Gasteiger charge is -2.04. The highest BCUT2D eigenvalue weighted by Gasteiger charge is 2.22. The first-order valence-electron chi connectivity index (χ1n) is 3.03. The lowest BCUT2D eigenvalue weighted by atomic mass is 9.80. The van der Waals surface area contributed by atoms with Crippen molar-refractivity contribution in [3.63, 3.8) is 0 Å². The first-order valence-corrected chi connectivity index (χ1v) is 3.83. The predicted molar refractivity (Wildman–Crippen MR) is 43.9 cm³/mol. The molecule has 0 aliphatic heterocycles. The lowest BCUT2D eigenvalue weighted by Crippen LogP contribution is -2.34. The van der Waals surface area contributed by atoms with E-state index in [2.05, 4.69) is 15.9 Å². The Kier molecular flexibility index (Phi) is 2.82. The van der Waals surface area contributed by atoms with Gasteiger partial charge in [-0.1, -0.05) is 15.9 Å². The van der Waals surface area contributed by atoms with E-state index in [1.807, 2.05) is 0 Å². The normalized spacial score (nSPS) is 10.1. The first-order chi connectivity index (χ1) is 5.54. The van der Waals surface area contributed by atoms with Crippen molar-refractivity contribution in [2.24, 2.45) is 0 Å². The number of halogens is 3. The van der Waals surface area contributed by atoms with Crippen molar-refractivity contribution in [1.29, 1.82) is 0 Å². The summed E-state index contributed by atoms with van der Waals surface area (Å²) < 4.78 is 25.4. The van der Waals surface area contributed by atoms with Crippen LogP contribution in [0.25, 0.3) is 0 Å². The lowest BCUT2D eigenvalue weighted by molar-refractivity contribution is 0.419. The van der Waals surface area contributed by atoms with Gasteiger partial charge >= 0.3 is 7.12 Å². The van der Waals surface area contributed by atoms with Crippen molar-refractivity contribution in [3.05, 3.63) is 28.2 Å². The van der Waals surface area contributed by atoms with Gasteiger partial charge in [-0.2, -0.15) is 0 Å². The predicted octanol–water partition coefficient (Wildman–Crippen LogP) is 0.407. The molecule has 1 aromatic rings. The third-order valence-electron chi connectivity index (χ3n) is 1.34. The zero-order valence-electron chi connectivity index (χ0n) is 5.76. The van der Waals surface area contributed by atoms with Gasteiger partial charge in [0.25, 0.3) is 0 Å². The van der Waals surface area contributed by atoms with Gasteiger partial charge < -0.3 is 10.0 Å². The molecule has 12 heavy (non-hydrogen) atoms. The number of hydrogen-bond donors (Lipinski definition) is 2. The molecule has 2 nitrogen and oxygen atoms in total. The Morgan fingerprint density at radius 2 is 1.83 bits per heavy atom. The summed E-state index contributed by atoms with van der Waals surface area (Å²) in [5.41, 5.74) is -0.491. The third-order valence-corrected chi connectivity index (χ3v) is 2.03. The third kappa shape index (κ3) is 1.65. The summed E-state index contributed by atoms with van der Waals surface area (Å²) in [4.78, 5) is 0. The molecule has 1 rings (SSSR count). The summed E-state index contributed by atoms with van der Waals surface area (Å²) in [6, 6.07) is 2.10. The average molecular weight is 237 g/mol. The van der Waals surface area contributed by atoms with Gasteiger partial charge in [0.1, 0.15) is 0 Å². The Bertz CT molecular complexity index is 306. The first kappa shape index (κ1) is 9.63. The van der Waals surface area contributed by atoms with Gasteiger partial charge in [-0.15, -0.1) is 0 Å². The monoisotopic (exact) mass is 236 g/mol. The molecule has 0 spiro atoms. The molecule has 0 aliphatic carbocycles. The summed E-state index contributed by atoms with van der Waals surface area (Å²) in [7, 11) is -2.02. The molecule has 0 radical (unpaired) electrons. The molecule has 0 atom stereocenters. The van der Waals surface area contributed by atoms with Crippen molar-refractivity contribution in [2.45, 2.75) is 0 Å². The molecule has 0 heterocycles. The van der Waals surface area contributed by atoms with Crippen molar-refractivity contribution >= 4 is 28.5 Å². The van der Waals surface area contributed by atoms with Crippen molar-refractivity contribution < 1.29 is 18.8 Å². The smallest absolute Gasteiger partial charge is 0.423 e. The van der Waals surface area contributed by atoms with E-state index in [9.17, 15) is 8.78 Å². The van der Waals surface area contributed by atoms with E-state index < -0.39 is 24.2 Å². The molecule has 0 saturated carbocycles. The molecule has 64 valence electrons. The largest absolute Gasteiger partial charge is 0.492 e. The van der Waals surface area contributed by atoms with Crippen LogP contribution in [0.5, 0.6) is 0 Å². The molecular formula is C6H4BBrF2O2. The van der Waals surface area contributed by atoms with Gasteiger partial charge in [-0.25, -0.2) is 8.78 Å². The molecule has 0 fully saturated rings. The minimum Gasteiger partial charge on any atom is -0.423 e. The van der Waals surface area contributed by atoms with Crippen LogP contribution in [0, 0.1) is 11.6 Å². The van der Waals surface area contributed by atoms with E-state index in [1.165, 1.54) is 6.07 Å². The Morgan fingerprint density at radius 3 is 2.25 bits per heavy atom. The number of rotatable bonds is 1. The molecule has 0 aliphatic rings. The SMILES string of the molecule is OB(O)c1c(Br)ccc(F)c1F. The Balaban J connectivity index is 3.33. The zero-order chi connectivity index (χ0) is 9.30. The number of benzene rings is 1. The second-order valence-corrected chi connectivity index (χ2v) is 2.98. The average Bonchev–Trinajstić information content (AvgIpc) is 1.97. The highest BCUT2D eigenvalue weighted by molar-refractivity contribution is 9.10. The summed E-state index contributed by atoms with van der Waals surface area (Å²) >= 11 is 2.86. The van der Waals surface area contributed by atoms with Gasteiger partial charge in [-0.3, -0.25) is 0 Å². The molecule has 1 aromatic carbocycles. The van der Waals surface area contributed by atoms with Crippen LogP contribution in [-0.2, 0) is 0 Å². The van der Waals surface area contributed by atoms with Gasteiger partial charge in [0.05, 0.1) is 0 Å². The number of hydrogen-bond acceptors (Lipinski definition) is 2. The summed E-state index contributed by atoms with van der Waals surface area (Å²) in [6.45, 7) is 0. The highest BCUT2D eigenvalue weighted by Crippen LogP contribution is 2.12. The molecule has 0 aromatic heterocycles. The maximum absolute atomic E-state index is 12.8. The van der Waals surface area contributed by atoms with Gasteiger partial charge in [0.2, 0.25) is 0 Å². The van der Waals surface area contributed by atoms with Gasteiger partial charge in [0.15, 0.2) is 11.6 Å². The molecule has 0 unspecified atom stereocenters. The van der Waals surface area contributed by atoms with E-state index in [0.29, 0.717) is 0 Å². The van der Waals surface area contributed by atoms with Crippen LogP contribution in [0.4, 0.5) is 8.78 Å². The molecular weight excluding hydrogens is 233 g/mol. The fraction of sp³-hybridized carbons (Fsp3) is 0. The van der Waals surface area contributed by atoms with Crippen LogP contribution in [0.1, 0.15) is 0 Å². The fourth-order valence-corrected chi connectivity index (χ4v) is 1.29. The second-order valence-electron chi connectivity index (χ2n) is 2.13. The molecule has 6 heteroatoms. The molecule has 2 N–H and O–H groups in total. The van der Waals surface area contributed by atoms with Gasteiger partial charge in [0, 0.05) is 9.94 Å². The van der Waals surface area contributed by atoms with Crippen molar-refractivity contribution in [2.75, 3.05) is 0 Å². The minimum atomic E-state index is -2.02. The quantitative estimate of drug-likeness (QED) is 0.548. The van der Waals surface area contributed by atoms with Crippen molar-refractivity contribution in [1.82, 2.24) is 0 Å². The van der Waals surface area contributed by atoms with E-state index in [0.717, 1.165) is 6.07 Å². The Labute approximate surface area is 76.1 Å². The summed E-state index contributed by atoms with van der Waals surface area (Å²) in [6.07, 6.45) is 0. The van der Waals surface area contributed by atoms with Crippen LogP contribution in [0.3, 0.4) is 0 Å². The van der Waals surface area contributed by atoms with Crippen LogP contribution < -0.4 is 5.46 Å². The fourth-order valence-electron chi connectivity index (χ4n) is 0.779. The maximum Gasteiger partial charge on any atom is 0.492 e. The van der Waals surface area contributed by atoms with Crippen molar-refractivity contribution in [3.8, 4) is 0 Å². The van der Waals surface area contributed by atoms with E-state index >= 15 is 0 Å². The zero-order valence-corrected chi connectivity index (χ0v) is 7.35. The second kappa shape index (κ2) is 3.51. The molecule has 0 saturated heterocycles. The highest BCUT2D eigenvalue weighted by atomic mass is 79.9. The van der Waals surface area contributed by atoms with E-state index in [1.54, 1.807) is 0 Å². The Morgan fingerprint density at radius 1 is 1.25 bits per heavy atom. The standard InChI is InChI=1S/C6H4BBrF2O2/c8-3-1-2-4(9)6(10)5(3)7(11)12/h1-2,11-12H.